The van der Waals surface area contributed by atoms with Crippen molar-refractivity contribution >= 4 is 17.1 Å². The average molecular weight is 778 g/mol. The molecule has 61 heavy (non-hydrogen) atoms. The lowest BCUT2D eigenvalue weighted by atomic mass is 9.74. The molecule has 0 heterocycles. The van der Waals surface area contributed by atoms with Gasteiger partial charge in [0.25, 0.3) is 0 Å². The summed E-state index contributed by atoms with van der Waals surface area (Å²) >= 11 is 0. The molecular weight excluding hydrogens is 735 g/mol. The maximum absolute atomic E-state index is 2.40. The molecule has 0 aliphatic heterocycles. The van der Waals surface area contributed by atoms with E-state index in [4.69, 9.17) is 0 Å². The monoisotopic (exact) mass is 777 g/mol. The number of rotatable bonds is 10. The molecule has 0 bridgehead atoms. The van der Waals surface area contributed by atoms with Gasteiger partial charge in [-0.15, -0.1) is 0 Å². The van der Waals surface area contributed by atoms with E-state index in [0.717, 1.165) is 33.8 Å². The van der Waals surface area contributed by atoms with Crippen LogP contribution in [0, 0.1) is 0 Å². The van der Waals surface area contributed by atoms with Crippen molar-refractivity contribution in [2.45, 2.75) is 0 Å². The zero-order valence-electron chi connectivity index (χ0n) is 33.8. The highest BCUT2D eigenvalue weighted by Gasteiger charge is 2.29. The Balaban J connectivity index is 1.30. The smallest absolute Gasteiger partial charge is 0.0467 e. The summed E-state index contributed by atoms with van der Waals surface area (Å²) < 4.78 is 0. The molecule has 0 amide bonds. The molecule has 0 N–H and O–H groups in total. The predicted octanol–water partition coefficient (Wildman–Crippen LogP) is 16.8. The van der Waals surface area contributed by atoms with Crippen LogP contribution in [0.1, 0.15) is 0 Å². The molecule has 288 valence electrons. The summed E-state index contributed by atoms with van der Waals surface area (Å²) in [7, 11) is 0. The highest BCUT2D eigenvalue weighted by Crippen LogP contribution is 2.56. The van der Waals surface area contributed by atoms with Gasteiger partial charge in [-0.05, 0) is 120 Å². The quantitative estimate of drug-likeness (QED) is 0.134. The molecule has 0 atom stereocenters. The molecule has 10 rings (SSSR count). The van der Waals surface area contributed by atoms with Crippen LogP contribution in [0.4, 0.5) is 17.1 Å². The second kappa shape index (κ2) is 17.1. The first-order valence-electron chi connectivity index (χ1n) is 20.9. The van der Waals surface area contributed by atoms with Crippen LogP contribution in [0.5, 0.6) is 0 Å². The van der Waals surface area contributed by atoms with E-state index in [9.17, 15) is 0 Å². The fourth-order valence-electron chi connectivity index (χ4n) is 8.79. The zero-order valence-corrected chi connectivity index (χ0v) is 33.8. The first-order valence-corrected chi connectivity index (χ1v) is 20.9. The van der Waals surface area contributed by atoms with Gasteiger partial charge in [-0.25, -0.2) is 0 Å². The van der Waals surface area contributed by atoms with E-state index < -0.39 is 0 Å². The van der Waals surface area contributed by atoms with E-state index in [1.807, 2.05) is 0 Å². The number of para-hydroxylation sites is 2. The fraction of sp³-hybridized carbons (Fsp3) is 0. The summed E-state index contributed by atoms with van der Waals surface area (Å²) in [6.07, 6.45) is 0. The third kappa shape index (κ3) is 7.46. The SMILES string of the molecule is c1ccc(-c2c(-c3ccccc3)c(-c3ccccc3)c(-c3cccc(-c4cccc(N(c5ccccc5)c5ccccc5)c4)c3)c(-c3ccccc3)c2-c2ccccc2)cc1. The Hall–Kier alpha value is -8.00. The average Bonchev–Trinajstić information content (AvgIpc) is 3.35. The molecular formula is C60H43N. The Morgan fingerprint density at radius 3 is 0.738 bits per heavy atom. The van der Waals surface area contributed by atoms with Gasteiger partial charge >= 0.3 is 0 Å². The van der Waals surface area contributed by atoms with Gasteiger partial charge < -0.3 is 4.90 Å². The van der Waals surface area contributed by atoms with Crippen molar-refractivity contribution in [1.82, 2.24) is 0 Å². The number of benzene rings is 10. The Morgan fingerprint density at radius 2 is 0.393 bits per heavy atom. The van der Waals surface area contributed by atoms with Crippen LogP contribution in [-0.2, 0) is 0 Å². The molecule has 10 aromatic carbocycles. The van der Waals surface area contributed by atoms with Gasteiger partial charge in [-0.1, -0.05) is 218 Å². The van der Waals surface area contributed by atoms with Crippen LogP contribution >= 0.6 is 0 Å². The minimum atomic E-state index is 1.10. The van der Waals surface area contributed by atoms with Gasteiger partial charge in [0.15, 0.2) is 0 Å². The largest absolute Gasteiger partial charge is 0.310 e. The highest BCUT2D eigenvalue weighted by atomic mass is 15.1. The number of anilines is 3. The topological polar surface area (TPSA) is 3.24 Å². The van der Waals surface area contributed by atoms with Gasteiger partial charge in [0.2, 0.25) is 0 Å². The first-order chi connectivity index (χ1) is 30.3. The summed E-state index contributed by atoms with van der Waals surface area (Å²) in [5.41, 5.74) is 19.8. The lowest BCUT2D eigenvalue weighted by molar-refractivity contribution is 1.28. The van der Waals surface area contributed by atoms with Crippen molar-refractivity contribution in [3.8, 4) is 77.9 Å². The third-order valence-corrected chi connectivity index (χ3v) is 11.4. The molecule has 1 nitrogen and oxygen atoms in total. The summed E-state index contributed by atoms with van der Waals surface area (Å²) in [5.74, 6) is 0. The Labute approximate surface area is 359 Å². The van der Waals surface area contributed by atoms with E-state index in [2.05, 4.69) is 266 Å². The normalized spacial score (nSPS) is 11.0. The second-order valence-corrected chi connectivity index (χ2v) is 15.2. The summed E-state index contributed by atoms with van der Waals surface area (Å²) in [6, 6.07) is 94.2. The summed E-state index contributed by atoms with van der Waals surface area (Å²) in [5, 5.41) is 0. The van der Waals surface area contributed by atoms with Crippen LogP contribution in [0.3, 0.4) is 0 Å². The third-order valence-electron chi connectivity index (χ3n) is 11.4. The van der Waals surface area contributed by atoms with E-state index in [-0.39, 0.29) is 0 Å². The van der Waals surface area contributed by atoms with Crippen molar-refractivity contribution in [3.63, 3.8) is 0 Å². The van der Waals surface area contributed by atoms with Gasteiger partial charge in [-0.2, -0.15) is 0 Å². The summed E-state index contributed by atoms with van der Waals surface area (Å²) in [6.45, 7) is 0. The molecule has 0 saturated carbocycles. The molecule has 0 aliphatic rings. The van der Waals surface area contributed by atoms with Gasteiger partial charge in [0, 0.05) is 17.1 Å². The standard InChI is InChI=1S/C60H43N/c1-8-24-44(25-9-1)55-56(45-26-10-2-11-27-45)58(47-30-14-4-15-31-47)60(59(48-32-16-5-17-33-48)57(55)46-28-12-3-13-29-46)51-36-22-34-49(42-51)50-35-23-41-54(43-50)61(52-37-18-6-19-38-52)53-39-20-7-21-40-53/h1-43H. The van der Waals surface area contributed by atoms with Crippen molar-refractivity contribution in [1.29, 1.82) is 0 Å². The lowest BCUT2D eigenvalue weighted by Gasteiger charge is -2.29. The van der Waals surface area contributed by atoms with Crippen LogP contribution in [0.15, 0.2) is 261 Å². The van der Waals surface area contributed by atoms with Crippen LogP contribution < -0.4 is 4.90 Å². The number of hydrogen-bond donors (Lipinski definition) is 0. The van der Waals surface area contributed by atoms with E-state index in [1.54, 1.807) is 0 Å². The van der Waals surface area contributed by atoms with Crippen molar-refractivity contribution in [2.24, 2.45) is 0 Å². The predicted molar refractivity (Wildman–Crippen MR) is 259 cm³/mol. The molecule has 0 aliphatic carbocycles. The molecule has 10 aromatic rings. The van der Waals surface area contributed by atoms with Gasteiger partial charge in [-0.3, -0.25) is 0 Å². The molecule has 0 fully saturated rings. The first kappa shape index (κ1) is 37.3. The van der Waals surface area contributed by atoms with Crippen LogP contribution in [0.2, 0.25) is 0 Å². The minimum Gasteiger partial charge on any atom is -0.310 e. The molecule has 0 unspecified atom stereocenters. The van der Waals surface area contributed by atoms with E-state index in [1.165, 1.54) is 61.2 Å². The Kier molecular flexibility index (Phi) is 10.4. The fourth-order valence-corrected chi connectivity index (χ4v) is 8.79. The van der Waals surface area contributed by atoms with Crippen LogP contribution in [-0.4, -0.2) is 0 Å². The molecule has 0 aromatic heterocycles. The Bertz CT molecular complexity index is 2880. The molecule has 1 heteroatoms. The van der Waals surface area contributed by atoms with Crippen molar-refractivity contribution < 1.29 is 0 Å². The maximum atomic E-state index is 2.40. The molecule has 0 spiro atoms. The summed E-state index contributed by atoms with van der Waals surface area (Å²) in [4.78, 5) is 2.33. The van der Waals surface area contributed by atoms with E-state index >= 15 is 0 Å². The van der Waals surface area contributed by atoms with E-state index in [0.29, 0.717) is 0 Å². The maximum Gasteiger partial charge on any atom is 0.0467 e. The zero-order chi connectivity index (χ0) is 40.8. The lowest BCUT2D eigenvalue weighted by Crippen LogP contribution is -2.09. The highest BCUT2D eigenvalue weighted by molar-refractivity contribution is 6.15. The van der Waals surface area contributed by atoms with Crippen molar-refractivity contribution in [2.75, 3.05) is 4.90 Å². The van der Waals surface area contributed by atoms with Gasteiger partial charge in [0.1, 0.15) is 0 Å². The number of nitrogens with zero attached hydrogens (tertiary/aromatic N) is 1. The molecule has 0 saturated heterocycles. The molecule has 0 radical (unpaired) electrons. The Morgan fingerprint density at radius 1 is 0.164 bits per heavy atom. The van der Waals surface area contributed by atoms with Crippen LogP contribution in [0.25, 0.3) is 77.9 Å². The number of hydrogen-bond acceptors (Lipinski definition) is 1. The minimum absolute atomic E-state index is 1.10. The van der Waals surface area contributed by atoms with Crippen molar-refractivity contribution in [3.05, 3.63) is 261 Å². The second-order valence-electron chi connectivity index (χ2n) is 15.2. The van der Waals surface area contributed by atoms with Gasteiger partial charge in [0.05, 0.1) is 0 Å².